The van der Waals surface area contributed by atoms with E-state index in [1.165, 1.54) is 0 Å². The number of rotatable bonds is 4. The first-order valence-electron chi connectivity index (χ1n) is 7.18. The number of ether oxygens (including phenoxy) is 1. The molecule has 3 heterocycles. The summed E-state index contributed by atoms with van der Waals surface area (Å²) in [4.78, 5) is 4.12. The van der Waals surface area contributed by atoms with Crippen molar-refractivity contribution in [2.75, 3.05) is 25.4 Å². The summed E-state index contributed by atoms with van der Waals surface area (Å²) in [5.41, 5.74) is 7.56. The summed E-state index contributed by atoms with van der Waals surface area (Å²) in [6.45, 7) is 2.76. The molecule has 1 aliphatic heterocycles. The van der Waals surface area contributed by atoms with Crippen molar-refractivity contribution in [2.45, 2.75) is 12.8 Å². The number of aromatic nitrogens is 4. The van der Waals surface area contributed by atoms with Crippen molar-refractivity contribution in [3.8, 4) is 17.0 Å². The zero-order chi connectivity index (χ0) is 14.7. The van der Waals surface area contributed by atoms with Gasteiger partial charge in [-0.3, -0.25) is 4.68 Å². The predicted octanol–water partition coefficient (Wildman–Crippen LogP) is 0.838. The molecule has 0 saturated carbocycles. The van der Waals surface area contributed by atoms with E-state index in [2.05, 4.69) is 20.6 Å². The van der Waals surface area contributed by atoms with E-state index in [0.717, 1.165) is 37.2 Å². The highest BCUT2D eigenvalue weighted by Gasteiger charge is 2.18. The highest BCUT2D eigenvalue weighted by molar-refractivity contribution is 5.72. The summed E-state index contributed by atoms with van der Waals surface area (Å²) in [7, 11) is 1.83. The number of aryl methyl sites for hydroxylation is 1. The number of nitrogens with two attached hydrogens (primary N) is 1. The average molecular weight is 288 g/mol. The van der Waals surface area contributed by atoms with Gasteiger partial charge in [0.1, 0.15) is 5.69 Å². The van der Waals surface area contributed by atoms with E-state index in [1.54, 1.807) is 10.9 Å². The second-order valence-electron chi connectivity index (χ2n) is 5.35. The van der Waals surface area contributed by atoms with Crippen LogP contribution >= 0.6 is 0 Å². The second-order valence-corrected chi connectivity index (χ2v) is 5.35. The lowest BCUT2D eigenvalue weighted by molar-refractivity contribution is 0.216. The van der Waals surface area contributed by atoms with Crippen molar-refractivity contribution >= 4 is 5.82 Å². The van der Waals surface area contributed by atoms with Gasteiger partial charge in [-0.15, -0.1) is 5.10 Å². The van der Waals surface area contributed by atoms with Crippen molar-refractivity contribution in [1.82, 2.24) is 25.3 Å². The minimum atomic E-state index is 0.395. The Balaban J connectivity index is 1.80. The zero-order valence-electron chi connectivity index (χ0n) is 12.1. The Morgan fingerprint density at radius 3 is 2.95 bits per heavy atom. The molecule has 21 heavy (non-hydrogen) atoms. The predicted molar refractivity (Wildman–Crippen MR) is 79.7 cm³/mol. The lowest BCUT2D eigenvalue weighted by Gasteiger charge is -2.23. The first-order chi connectivity index (χ1) is 10.2. The highest BCUT2D eigenvalue weighted by atomic mass is 16.5. The number of nitrogens with zero attached hydrogens (tertiary/aromatic N) is 4. The van der Waals surface area contributed by atoms with Crippen LogP contribution in [0, 0.1) is 5.92 Å². The maximum absolute atomic E-state index is 5.98. The van der Waals surface area contributed by atoms with Crippen LogP contribution in [-0.4, -0.2) is 39.7 Å². The molecule has 2 aromatic heterocycles. The van der Waals surface area contributed by atoms with E-state index >= 15 is 0 Å². The fraction of sp³-hybridized carbons (Fsp3) is 0.500. The molecular formula is C14H20N6O. The van der Waals surface area contributed by atoms with Gasteiger partial charge in [0.2, 0.25) is 0 Å². The van der Waals surface area contributed by atoms with E-state index in [0.29, 0.717) is 24.1 Å². The van der Waals surface area contributed by atoms with E-state index in [1.807, 2.05) is 19.3 Å². The van der Waals surface area contributed by atoms with Crippen LogP contribution in [0.5, 0.6) is 5.75 Å². The molecule has 1 saturated heterocycles. The quantitative estimate of drug-likeness (QED) is 0.866. The summed E-state index contributed by atoms with van der Waals surface area (Å²) in [5.74, 6) is 1.56. The van der Waals surface area contributed by atoms with E-state index in [-0.39, 0.29) is 0 Å². The van der Waals surface area contributed by atoms with E-state index in [9.17, 15) is 0 Å². The fourth-order valence-electron chi connectivity index (χ4n) is 2.54. The third kappa shape index (κ3) is 3.13. The highest BCUT2D eigenvalue weighted by Crippen LogP contribution is 2.32. The largest absolute Gasteiger partial charge is 0.489 e. The molecule has 7 nitrogen and oxygen atoms in total. The molecule has 112 valence electrons. The van der Waals surface area contributed by atoms with Crippen molar-refractivity contribution in [1.29, 1.82) is 0 Å². The van der Waals surface area contributed by atoms with Crippen LogP contribution in [0.3, 0.4) is 0 Å². The van der Waals surface area contributed by atoms with Gasteiger partial charge in [-0.2, -0.15) is 0 Å². The van der Waals surface area contributed by atoms with Gasteiger partial charge in [-0.25, -0.2) is 4.98 Å². The maximum atomic E-state index is 5.98. The minimum Gasteiger partial charge on any atom is -0.489 e. The second kappa shape index (κ2) is 6.09. The van der Waals surface area contributed by atoms with Crippen LogP contribution in [0.15, 0.2) is 18.5 Å². The van der Waals surface area contributed by atoms with Crippen LogP contribution in [0.4, 0.5) is 5.82 Å². The first-order valence-corrected chi connectivity index (χ1v) is 7.18. The standard InChI is InChI=1S/C14H20N6O/c1-20-8-12(18-19-20)11-4-7-17-14(15)13(11)21-9-10-2-5-16-6-3-10/h4,7-8,10,16H,2-3,5-6,9H2,1H3,(H2,15,17). The fourth-order valence-corrected chi connectivity index (χ4v) is 2.54. The molecule has 0 spiro atoms. The van der Waals surface area contributed by atoms with Crippen molar-refractivity contribution in [3.05, 3.63) is 18.5 Å². The first kappa shape index (κ1) is 13.8. The molecule has 3 rings (SSSR count). The minimum absolute atomic E-state index is 0.395. The van der Waals surface area contributed by atoms with Gasteiger partial charge in [0.05, 0.1) is 18.4 Å². The molecule has 3 N–H and O–H groups in total. The van der Waals surface area contributed by atoms with Gasteiger partial charge in [0.25, 0.3) is 0 Å². The smallest absolute Gasteiger partial charge is 0.170 e. The van der Waals surface area contributed by atoms with Gasteiger partial charge >= 0.3 is 0 Å². The molecule has 1 fully saturated rings. The van der Waals surface area contributed by atoms with Crippen molar-refractivity contribution < 1.29 is 4.74 Å². The lowest BCUT2D eigenvalue weighted by atomic mass is 9.99. The summed E-state index contributed by atoms with van der Waals surface area (Å²) in [6.07, 6.45) is 5.75. The van der Waals surface area contributed by atoms with Gasteiger partial charge in [0, 0.05) is 13.2 Å². The average Bonchev–Trinajstić information content (AvgIpc) is 2.93. The Kier molecular flexibility index (Phi) is 4.01. The summed E-state index contributed by atoms with van der Waals surface area (Å²) >= 11 is 0. The van der Waals surface area contributed by atoms with Gasteiger partial charge in [-0.1, -0.05) is 5.21 Å². The zero-order valence-corrected chi connectivity index (χ0v) is 12.1. The van der Waals surface area contributed by atoms with Crippen LogP contribution < -0.4 is 15.8 Å². The Morgan fingerprint density at radius 1 is 1.43 bits per heavy atom. The maximum Gasteiger partial charge on any atom is 0.170 e. The third-order valence-electron chi connectivity index (χ3n) is 3.73. The van der Waals surface area contributed by atoms with E-state index < -0.39 is 0 Å². The summed E-state index contributed by atoms with van der Waals surface area (Å²) in [6, 6.07) is 1.86. The molecule has 0 radical (unpaired) electrons. The molecule has 1 aliphatic rings. The van der Waals surface area contributed by atoms with Gasteiger partial charge in [0.15, 0.2) is 11.6 Å². The molecule has 2 aromatic rings. The molecule has 0 aromatic carbocycles. The number of hydrogen-bond donors (Lipinski definition) is 2. The third-order valence-corrected chi connectivity index (χ3v) is 3.73. The Bertz CT molecular complexity index is 605. The van der Waals surface area contributed by atoms with Crippen molar-refractivity contribution in [2.24, 2.45) is 13.0 Å². The SMILES string of the molecule is Cn1cc(-c2ccnc(N)c2OCC2CCNCC2)nn1. The molecule has 0 atom stereocenters. The normalized spacial score (nSPS) is 16.0. The lowest BCUT2D eigenvalue weighted by Crippen LogP contribution is -2.30. The molecule has 0 aliphatic carbocycles. The van der Waals surface area contributed by atoms with Gasteiger partial charge < -0.3 is 15.8 Å². The van der Waals surface area contributed by atoms with Crippen LogP contribution in [0.2, 0.25) is 0 Å². The number of pyridine rings is 1. The van der Waals surface area contributed by atoms with Crippen LogP contribution in [0.25, 0.3) is 11.3 Å². The number of nitrogens with one attached hydrogen (secondary N) is 1. The number of nitrogen functional groups attached to an aromatic ring is 1. The van der Waals surface area contributed by atoms with Crippen LogP contribution in [-0.2, 0) is 7.05 Å². The molecule has 7 heteroatoms. The number of hydrogen-bond acceptors (Lipinski definition) is 6. The molecule has 0 bridgehead atoms. The van der Waals surface area contributed by atoms with Crippen LogP contribution in [0.1, 0.15) is 12.8 Å². The topological polar surface area (TPSA) is 90.9 Å². The molecular weight excluding hydrogens is 268 g/mol. The Hall–Kier alpha value is -2.15. The monoisotopic (exact) mass is 288 g/mol. The number of piperidine rings is 1. The summed E-state index contributed by atoms with van der Waals surface area (Å²) in [5, 5.41) is 11.4. The molecule has 0 unspecified atom stereocenters. The summed E-state index contributed by atoms with van der Waals surface area (Å²) < 4.78 is 7.63. The number of anilines is 1. The Labute approximate surface area is 123 Å². The van der Waals surface area contributed by atoms with Crippen molar-refractivity contribution in [3.63, 3.8) is 0 Å². The Morgan fingerprint density at radius 2 is 2.24 bits per heavy atom. The van der Waals surface area contributed by atoms with Gasteiger partial charge in [-0.05, 0) is 37.9 Å². The van der Waals surface area contributed by atoms with E-state index in [4.69, 9.17) is 10.5 Å². The molecule has 0 amide bonds.